The summed E-state index contributed by atoms with van der Waals surface area (Å²) < 4.78 is 27.2. The van der Waals surface area contributed by atoms with Crippen LogP contribution < -0.4 is 10.2 Å². The van der Waals surface area contributed by atoms with Crippen LogP contribution in [0.3, 0.4) is 0 Å². The van der Waals surface area contributed by atoms with Crippen molar-refractivity contribution in [1.82, 2.24) is 0 Å². The summed E-state index contributed by atoms with van der Waals surface area (Å²) in [5, 5.41) is 17.8. The van der Waals surface area contributed by atoms with Gasteiger partial charge in [-0.05, 0) is 17.6 Å². The molecule has 0 saturated carbocycles. The summed E-state index contributed by atoms with van der Waals surface area (Å²) >= 11 is 1.52. The average Bonchev–Trinajstić information content (AvgIpc) is 2.33. The first kappa shape index (κ1) is 16.4. The van der Waals surface area contributed by atoms with Gasteiger partial charge in [-0.15, -0.1) is 0 Å². The molecule has 0 fully saturated rings. The van der Waals surface area contributed by atoms with Crippen molar-refractivity contribution < 1.29 is 23.2 Å². The van der Waals surface area contributed by atoms with Crippen LogP contribution in [0.4, 0.5) is 0 Å². The molecule has 0 spiro atoms. The molecular formula is C11H17BO5S2. The summed E-state index contributed by atoms with van der Waals surface area (Å²) in [7, 11) is -4.36. The van der Waals surface area contributed by atoms with Crippen molar-refractivity contribution >= 4 is 34.2 Å². The highest BCUT2D eigenvalue weighted by molar-refractivity contribution is 8.00. The molecule has 0 aromatic heterocycles. The second-order valence-electron chi connectivity index (χ2n) is 4.03. The summed E-state index contributed by atoms with van der Waals surface area (Å²) in [4.78, 5) is 0. The lowest BCUT2D eigenvalue weighted by Gasteiger charge is -2.06. The van der Waals surface area contributed by atoms with Gasteiger partial charge in [0.05, 0.1) is 12.4 Å². The minimum absolute atomic E-state index is 0.181. The molecule has 5 nitrogen and oxygen atoms in total. The maximum Gasteiger partial charge on any atom is 0.488 e. The Morgan fingerprint density at radius 1 is 1.21 bits per heavy atom. The Morgan fingerprint density at radius 2 is 1.84 bits per heavy atom. The first-order valence-corrected chi connectivity index (χ1v) is 8.94. The van der Waals surface area contributed by atoms with Gasteiger partial charge < -0.3 is 14.8 Å². The molecule has 0 atom stereocenters. The van der Waals surface area contributed by atoms with Gasteiger partial charge in [0, 0.05) is 17.8 Å². The van der Waals surface area contributed by atoms with Crippen LogP contribution in [-0.2, 0) is 9.84 Å². The number of benzene rings is 1. The number of hydrogen-bond donors (Lipinski definition) is 2. The van der Waals surface area contributed by atoms with Crippen LogP contribution in [-0.4, -0.2) is 55.7 Å². The van der Waals surface area contributed by atoms with Gasteiger partial charge in [0.2, 0.25) is 0 Å². The molecule has 1 aromatic rings. The topological polar surface area (TPSA) is 83.8 Å². The molecule has 2 N–H and O–H groups in total. The Balaban J connectivity index is 2.19. The van der Waals surface area contributed by atoms with E-state index in [1.807, 2.05) is 0 Å². The smallest absolute Gasteiger partial charge is 0.488 e. The summed E-state index contributed by atoms with van der Waals surface area (Å²) in [6.07, 6.45) is 1.22. The first-order chi connectivity index (χ1) is 8.88. The van der Waals surface area contributed by atoms with E-state index in [0.29, 0.717) is 29.3 Å². The van der Waals surface area contributed by atoms with E-state index >= 15 is 0 Å². The lowest BCUT2D eigenvalue weighted by Crippen LogP contribution is -2.29. The van der Waals surface area contributed by atoms with Crippen LogP contribution in [0.1, 0.15) is 0 Å². The van der Waals surface area contributed by atoms with Crippen LogP contribution in [0.5, 0.6) is 5.75 Å². The summed E-state index contributed by atoms with van der Waals surface area (Å²) in [5.74, 6) is 2.10. The molecule has 0 saturated heterocycles. The second-order valence-corrected chi connectivity index (χ2v) is 7.52. The van der Waals surface area contributed by atoms with E-state index in [4.69, 9.17) is 14.8 Å². The lowest BCUT2D eigenvalue weighted by atomic mass is 9.80. The highest BCUT2D eigenvalue weighted by Crippen LogP contribution is 2.09. The summed E-state index contributed by atoms with van der Waals surface area (Å²) in [6, 6.07) is 6.49. The SMILES string of the molecule is CS(=O)(=O)CCSCCOc1ccc(B(O)O)cc1. The Morgan fingerprint density at radius 3 is 2.37 bits per heavy atom. The zero-order valence-corrected chi connectivity index (χ0v) is 12.3. The predicted molar refractivity (Wildman–Crippen MR) is 78.8 cm³/mol. The fourth-order valence-electron chi connectivity index (χ4n) is 1.27. The quantitative estimate of drug-likeness (QED) is 0.499. The maximum atomic E-state index is 10.9. The Kier molecular flexibility index (Phi) is 6.71. The van der Waals surface area contributed by atoms with Crippen molar-refractivity contribution in [2.45, 2.75) is 0 Å². The van der Waals surface area contributed by atoms with E-state index in [1.54, 1.807) is 24.3 Å². The van der Waals surface area contributed by atoms with Crippen molar-refractivity contribution in [1.29, 1.82) is 0 Å². The van der Waals surface area contributed by atoms with Gasteiger partial charge in [-0.1, -0.05) is 12.1 Å². The third-order valence-electron chi connectivity index (χ3n) is 2.27. The minimum Gasteiger partial charge on any atom is -0.493 e. The largest absolute Gasteiger partial charge is 0.493 e. The van der Waals surface area contributed by atoms with Gasteiger partial charge in [-0.3, -0.25) is 0 Å². The fraction of sp³-hybridized carbons (Fsp3) is 0.455. The third kappa shape index (κ3) is 7.46. The van der Waals surface area contributed by atoms with Crippen LogP contribution in [0.15, 0.2) is 24.3 Å². The molecule has 0 aliphatic carbocycles. The molecule has 0 amide bonds. The van der Waals surface area contributed by atoms with Crippen LogP contribution in [0.25, 0.3) is 0 Å². The van der Waals surface area contributed by atoms with Gasteiger partial charge in [-0.25, -0.2) is 8.42 Å². The van der Waals surface area contributed by atoms with Crippen molar-refractivity contribution in [3.8, 4) is 5.75 Å². The molecule has 106 valence electrons. The second kappa shape index (κ2) is 7.79. The van der Waals surface area contributed by atoms with E-state index in [9.17, 15) is 8.42 Å². The van der Waals surface area contributed by atoms with Gasteiger partial charge >= 0.3 is 7.12 Å². The monoisotopic (exact) mass is 304 g/mol. The van der Waals surface area contributed by atoms with Crippen LogP contribution in [0.2, 0.25) is 0 Å². The average molecular weight is 304 g/mol. The molecule has 0 heterocycles. The molecular weight excluding hydrogens is 287 g/mol. The Bertz CT molecular complexity index is 472. The third-order valence-corrected chi connectivity index (χ3v) is 4.43. The lowest BCUT2D eigenvalue weighted by molar-refractivity contribution is 0.344. The molecule has 0 aliphatic rings. The Labute approximate surface area is 118 Å². The van der Waals surface area contributed by atoms with E-state index in [2.05, 4.69) is 0 Å². The standard InChI is InChI=1S/C11H17BO5S2/c1-19(15,16)9-8-18-7-6-17-11-4-2-10(3-5-11)12(13)14/h2-5,13-14H,6-9H2,1H3. The normalized spacial score (nSPS) is 11.3. The van der Waals surface area contributed by atoms with E-state index < -0.39 is 17.0 Å². The zero-order valence-electron chi connectivity index (χ0n) is 10.7. The van der Waals surface area contributed by atoms with Crippen molar-refractivity contribution in [2.75, 3.05) is 30.1 Å². The molecule has 0 radical (unpaired) electrons. The van der Waals surface area contributed by atoms with Crippen molar-refractivity contribution in [3.63, 3.8) is 0 Å². The number of sulfone groups is 1. The number of ether oxygens (including phenoxy) is 1. The molecule has 1 aromatic carbocycles. The van der Waals surface area contributed by atoms with E-state index in [0.717, 1.165) is 0 Å². The first-order valence-electron chi connectivity index (χ1n) is 5.73. The highest BCUT2D eigenvalue weighted by Gasteiger charge is 2.09. The van der Waals surface area contributed by atoms with Crippen molar-refractivity contribution in [2.24, 2.45) is 0 Å². The zero-order chi connectivity index (χ0) is 14.3. The molecule has 8 heteroatoms. The maximum absolute atomic E-state index is 10.9. The van der Waals surface area contributed by atoms with Crippen LogP contribution in [0, 0.1) is 0 Å². The number of thioether (sulfide) groups is 1. The summed E-state index contributed by atoms with van der Waals surface area (Å²) in [6.45, 7) is 0.482. The molecule has 1 rings (SSSR count). The molecule has 0 bridgehead atoms. The van der Waals surface area contributed by atoms with Gasteiger partial charge in [0.25, 0.3) is 0 Å². The predicted octanol–water partition coefficient (Wildman–Crippen LogP) is -0.477. The Hall–Kier alpha value is -0.695. The van der Waals surface area contributed by atoms with E-state index in [-0.39, 0.29) is 5.75 Å². The van der Waals surface area contributed by atoms with Gasteiger partial charge in [-0.2, -0.15) is 11.8 Å². The fourth-order valence-corrected chi connectivity index (χ4v) is 3.35. The van der Waals surface area contributed by atoms with E-state index in [1.165, 1.54) is 18.0 Å². The molecule has 19 heavy (non-hydrogen) atoms. The summed E-state index contributed by atoms with van der Waals surface area (Å²) in [5.41, 5.74) is 0.412. The number of rotatable bonds is 8. The van der Waals surface area contributed by atoms with Crippen LogP contribution >= 0.6 is 11.8 Å². The molecule has 0 unspecified atom stereocenters. The number of hydrogen-bond acceptors (Lipinski definition) is 6. The minimum atomic E-state index is -2.89. The van der Waals surface area contributed by atoms with Crippen molar-refractivity contribution in [3.05, 3.63) is 24.3 Å². The van der Waals surface area contributed by atoms with Gasteiger partial charge in [0.1, 0.15) is 15.6 Å². The molecule has 0 aliphatic heterocycles. The highest BCUT2D eigenvalue weighted by atomic mass is 32.2. The van der Waals surface area contributed by atoms with Gasteiger partial charge in [0.15, 0.2) is 0 Å².